The van der Waals surface area contributed by atoms with Crippen LogP contribution in [0.5, 0.6) is 0 Å². The maximum absolute atomic E-state index is 9.55. The Morgan fingerprint density at radius 1 is 1.12 bits per heavy atom. The molecule has 0 N–H and O–H groups in total. The predicted octanol–water partition coefficient (Wildman–Crippen LogP) is 3.91. The van der Waals surface area contributed by atoms with Crippen molar-refractivity contribution in [3.05, 3.63) is 0 Å². The van der Waals surface area contributed by atoms with Crippen molar-refractivity contribution in [3.8, 4) is 6.07 Å². The molecule has 0 aromatic rings. The van der Waals surface area contributed by atoms with Crippen LogP contribution in [0.1, 0.15) is 58.3 Å². The minimum atomic E-state index is 0.00762. The summed E-state index contributed by atoms with van der Waals surface area (Å²) >= 11 is 0. The van der Waals surface area contributed by atoms with Gasteiger partial charge in [0.05, 0.1) is 11.5 Å². The van der Waals surface area contributed by atoms with Crippen molar-refractivity contribution in [2.75, 3.05) is 13.2 Å². The molecule has 2 heteroatoms. The zero-order valence-corrected chi connectivity index (χ0v) is 11.1. The predicted molar refractivity (Wildman–Crippen MR) is 68.5 cm³/mol. The zero-order valence-electron chi connectivity index (χ0n) is 11.1. The molecule has 0 spiro atoms. The van der Waals surface area contributed by atoms with Crippen LogP contribution in [0.3, 0.4) is 0 Å². The molecule has 2 nitrogen and oxygen atoms in total. The molecule has 1 saturated heterocycles. The number of nitrogens with zero attached hydrogens (tertiary/aromatic N) is 1. The number of nitriles is 1. The topological polar surface area (TPSA) is 33.0 Å². The molecular formula is C15H25NO. The van der Waals surface area contributed by atoms with E-state index < -0.39 is 0 Å². The molecule has 0 aromatic carbocycles. The van der Waals surface area contributed by atoms with Gasteiger partial charge in [0.1, 0.15) is 0 Å². The molecule has 2 rings (SSSR count). The lowest BCUT2D eigenvalue weighted by molar-refractivity contribution is 0.0458. The molecule has 0 radical (unpaired) electrons. The summed E-state index contributed by atoms with van der Waals surface area (Å²) in [6.45, 7) is 4.09. The first-order chi connectivity index (χ1) is 8.28. The quantitative estimate of drug-likeness (QED) is 0.743. The molecule has 2 aliphatic rings. The van der Waals surface area contributed by atoms with Crippen LogP contribution in [0.4, 0.5) is 0 Å². The van der Waals surface area contributed by atoms with Crippen molar-refractivity contribution in [1.29, 1.82) is 5.26 Å². The Bertz CT molecular complexity index is 267. The largest absolute Gasteiger partial charge is 0.381 e. The van der Waals surface area contributed by atoms with Gasteiger partial charge < -0.3 is 4.74 Å². The maximum atomic E-state index is 9.55. The summed E-state index contributed by atoms with van der Waals surface area (Å²) < 4.78 is 5.41. The molecule has 0 bridgehead atoms. The van der Waals surface area contributed by atoms with E-state index in [2.05, 4.69) is 13.0 Å². The van der Waals surface area contributed by atoms with Crippen molar-refractivity contribution < 1.29 is 4.74 Å². The first kappa shape index (κ1) is 12.9. The Morgan fingerprint density at radius 3 is 2.29 bits per heavy atom. The molecule has 0 amide bonds. The molecular weight excluding hydrogens is 210 g/mol. The molecule has 0 unspecified atom stereocenters. The second kappa shape index (κ2) is 5.87. The van der Waals surface area contributed by atoms with E-state index in [9.17, 15) is 5.26 Å². The van der Waals surface area contributed by atoms with Gasteiger partial charge in [-0.15, -0.1) is 0 Å². The highest BCUT2D eigenvalue weighted by Crippen LogP contribution is 2.45. The van der Waals surface area contributed by atoms with E-state index in [-0.39, 0.29) is 5.41 Å². The van der Waals surface area contributed by atoms with Crippen LogP contribution in [0.15, 0.2) is 0 Å². The van der Waals surface area contributed by atoms with Gasteiger partial charge in [-0.1, -0.05) is 13.3 Å². The SMILES string of the molecule is CCC1CCC(C#N)(CC2CCOCC2)CC1. The van der Waals surface area contributed by atoms with Crippen LogP contribution in [0, 0.1) is 28.6 Å². The van der Waals surface area contributed by atoms with Gasteiger partial charge in [0.15, 0.2) is 0 Å². The van der Waals surface area contributed by atoms with Gasteiger partial charge in [0.25, 0.3) is 0 Å². The van der Waals surface area contributed by atoms with Crippen LogP contribution >= 0.6 is 0 Å². The normalized spacial score (nSPS) is 35.4. The van der Waals surface area contributed by atoms with E-state index in [1.54, 1.807) is 0 Å². The average Bonchev–Trinajstić information content (AvgIpc) is 2.41. The summed E-state index contributed by atoms with van der Waals surface area (Å²) in [6.07, 6.45) is 9.57. The molecule has 0 atom stereocenters. The lowest BCUT2D eigenvalue weighted by Gasteiger charge is -2.38. The van der Waals surface area contributed by atoms with Crippen LogP contribution in [-0.2, 0) is 4.74 Å². The monoisotopic (exact) mass is 235 g/mol. The lowest BCUT2D eigenvalue weighted by Crippen LogP contribution is -2.30. The fraction of sp³-hybridized carbons (Fsp3) is 0.933. The molecule has 17 heavy (non-hydrogen) atoms. The van der Waals surface area contributed by atoms with Gasteiger partial charge in [-0.3, -0.25) is 0 Å². The first-order valence-electron chi connectivity index (χ1n) is 7.27. The smallest absolute Gasteiger partial charge is 0.0689 e. The molecule has 2 fully saturated rings. The summed E-state index contributed by atoms with van der Waals surface area (Å²) in [5.74, 6) is 1.62. The molecule has 1 aliphatic heterocycles. The minimum absolute atomic E-state index is 0.00762. The summed E-state index contributed by atoms with van der Waals surface area (Å²) in [6, 6.07) is 2.67. The van der Waals surface area contributed by atoms with Crippen molar-refractivity contribution in [3.63, 3.8) is 0 Å². The number of ether oxygens (including phenoxy) is 1. The summed E-state index contributed by atoms with van der Waals surface area (Å²) in [4.78, 5) is 0. The summed E-state index contributed by atoms with van der Waals surface area (Å²) in [7, 11) is 0. The van der Waals surface area contributed by atoms with E-state index >= 15 is 0 Å². The molecule has 1 saturated carbocycles. The highest BCUT2D eigenvalue weighted by molar-refractivity contribution is 5.02. The van der Waals surface area contributed by atoms with Gasteiger partial charge >= 0.3 is 0 Å². The first-order valence-corrected chi connectivity index (χ1v) is 7.27. The third-order valence-corrected chi connectivity index (χ3v) is 4.90. The Labute approximate surface area is 105 Å². The average molecular weight is 235 g/mol. The number of rotatable bonds is 3. The molecule has 0 aromatic heterocycles. The van der Waals surface area contributed by atoms with Crippen molar-refractivity contribution in [2.45, 2.75) is 58.3 Å². The second-order valence-corrected chi connectivity index (χ2v) is 6.00. The van der Waals surface area contributed by atoms with E-state index in [1.807, 2.05) is 0 Å². The fourth-order valence-electron chi connectivity index (χ4n) is 3.50. The van der Waals surface area contributed by atoms with Crippen molar-refractivity contribution in [1.82, 2.24) is 0 Å². The minimum Gasteiger partial charge on any atom is -0.381 e. The van der Waals surface area contributed by atoms with Crippen molar-refractivity contribution in [2.24, 2.45) is 17.3 Å². The molecule has 1 aliphatic carbocycles. The highest BCUT2D eigenvalue weighted by Gasteiger charge is 2.37. The van der Waals surface area contributed by atoms with E-state index in [0.29, 0.717) is 0 Å². The Kier molecular flexibility index (Phi) is 4.45. The molecule has 1 heterocycles. The van der Waals surface area contributed by atoms with Crippen LogP contribution < -0.4 is 0 Å². The summed E-state index contributed by atoms with van der Waals surface area (Å²) in [5.41, 5.74) is 0.00762. The zero-order chi connectivity index (χ0) is 12.1. The Balaban J connectivity index is 1.89. The van der Waals surface area contributed by atoms with Gasteiger partial charge in [-0.05, 0) is 56.8 Å². The van der Waals surface area contributed by atoms with Crippen molar-refractivity contribution >= 4 is 0 Å². The van der Waals surface area contributed by atoms with E-state index in [4.69, 9.17) is 4.74 Å². The van der Waals surface area contributed by atoms with E-state index in [1.165, 1.54) is 32.1 Å². The standard InChI is InChI=1S/C15H25NO/c1-2-13-3-7-15(12-16,8-4-13)11-14-5-9-17-10-6-14/h13-14H,2-11H2,1H3. The van der Waals surface area contributed by atoms with Crippen LogP contribution in [0.2, 0.25) is 0 Å². The maximum Gasteiger partial charge on any atom is 0.0689 e. The van der Waals surface area contributed by atoms with Gasteiger partial charge in [-0.2, -0.15) is 5.26 Å². The number of hydrogen-bond donors (Lipinski definition) is 0. The highest BCUT2D eigenvalue weighted by atomic mass is 16.5. The number of hydrogen-bond acceptors (Lipinski definition) is 2. The third kappa shape index (κ3) is 3.22. The lowest BCUT2D eigenvalue weighted by atomic mass is 9.66. The Morgan fingerprint density at radius 2 is 1.76 bits per heavy atom. The molecule has 96 valence electrons. The fourth-order valence-corrected chi connectivity index (χ4v) is 3.50. The summed E-state index contributed by atoms with van der Waals surface area (Å²) in [5, 5.41) is 9.55. The van der Waals surface area contributed by atoms with Gasteiger partial charge in [0.2, 0.25) is 0 Å². The second-order valence-electron chi connectivity index (χ2n) is 6.00. The Hall–Kier alpha value is -0.550. The van der Waals surface area contributed by atoms with Crippen LogP contribution in [-0.4, -0.2) is 13.2 Å². The van der Waals surface area contributed by atoms with Gasteiger partial charge in [-0.25, -0.2) is 0 Å². The van der Waals surface area contributed by atoms with Gasteiger partial charge in [0, 0.05) is 13.2 Å². The third-order valence-electron chi connectivity index (χ3n) is 4.90. The van der Waals surface area contributed by atoms with E-state index in [0.717, 1.165) is 44.3 Å². The van der Waals surface area contributed by atoms with Crippen LogP contribution in [0.25, 0.3) is 0 Å².